The van der Waals surface area contributed by atoms with Crippen molar-refractivity contribution in [2.45, 2.75) is 26.4 Å². The molecule has 0 aliphatic rings. The molecular weight excluding hydrogens is 286 g/mol. The number of carbonyl (C=O) groups excluding carboxylic acids is 1. The second-order valence-corrected chi connectivity index (χ2v) is 5.79. The molecule has 0 fully saturated rings. The minimum Gasteiger partial charge on any atom is -0.468 e. The molecule has 0 N–H and O–H groups in total. The Morgan fingerprint density at radius 1 is 1.43 bits per heavy atom. The molecule has 2 aromatic rings. The fraction of sp³-hybridized carbons (Fsp3) is 0.400. The molecule has 112 valence electrons. The molecular formula is C15H19N3O2S. The summed E-state index contributed by atoms with van der Waals surface area (Å²) in [6.45, 7) is 4.99. The van der Waals surface area contributed by atoms with E-state index in [9.17, 15) is 4.79 Å². The van der Waals surface area contributed by atoms with E-state index < -0.39 is 0 Å². The molecule has 0 bridgehead atoms. The van der Waals surface area contributed by atoms with Crippen molar-refractivity contribution in [3.05, 3.63) is 35.5 Å². The van der Waals surface area contributed by atoms with E-state index in [1.807, 2.05) is 28.5 Å². The third-order valence-corrected chi connectivity index (χ3v) is 4.00. The lowest BCUT2D eigenvalue weighted by Crippen LogP contribution is -2.35. The van der Waals surface area contributed by atoms with Crippen LogP contribution in [0.25, 0.3) is 10.7 Å². The van der Waals surface area contributed by atoms with Gasteiger partial charge in [-0.1, -0.05) is 6.07 Å². The van der Waals surface area contributed by atoms with E-state index in [-0.39, 0.29) is 18.6 Å². The van der Waals surface area contributed by atoms with E-state index in [0.717, 1.165) is 16.4 Å². The van der Waals surface area contributed by atoms with Gasteiger partial charge in [0.15, 0.2) is 0 Å². The zero-order valence-corrected chi connectivity index (χ0v) is 13.3. The lowest BCUT2D eigenvalue weighted by molar-refractivity contribution is -0.142. The summed E-state index contributed by atoms with van der Waals surface area (Å²) in [6.07, 6.45) is 1.76. The highest BCUT2D eigenvalue weighted by Crippen LogP contribution is 2.22. The van der Waals surface area contributed by atoms with E-state index in [1.54, 1.807) is 17.5 Å². The van der Waals surface area contributed by atoms with Crippen LogP contribution in [-0.4, -0.2) is 40.5 Å². The van der Waals surface area contributed by atoms with Gasteiger partial charge in [-0.2, -0.15) is 0 Å². The minimum absolute atomic E-state index is 0.233. The molecule has 6 heteroatoms. The third kappa shape index (κ3) is 4.34. The minimum atomic E-state index is -0.233. The highest BCUT2D eigenvalue weighted by molar-refractivity contribution is 7.13. The number of pyridine rings is 1. The number of ether oxygens (including phenoxy) is 1. The van der Waals surface area contributed by atoms with Crippen molar-refractivity contribution >= 4 is 17.3 Å². The van der Waals surface area contributed by atoms with Gasteiger partial charge in [-0.05, 0) is 26.0 Å². The summed E-state index contributed by atoms with van der Waals surface area (Å²) in [5, 5.41) is 2.91. The first-order chi connectivity index (χ1) is 10.1. The molecule has 0 unspecified atom stereocenters. The molecule has 2 rings (SSSR count). The summed E-state index contributed by atoms with van der Waals surface area (Å²) in [5.41, 5.74) is 1.82. The molecule has 21 heavy (non-hydrogen) atoms. The van der Waals surface area contributed by atoms with Crippen LogP contribution in [0.2, 0.25) is 0 Å². The summed E-state index contributed by atoms with van der Waals surface area (Å²) in [6, 6.07) is 6.01. The molecule has 0 spiro atoms. The van der Waals surface area contributed by atoms with Crippen LogP contribution in [0.3, 0.4) is 0 Å². The third-order valence-electron chi connectivity index (χ3n) is 3.09. The number of aromatic nitrogens is 2. The number of hydrogen-bond donors (Lipinski definition) is 0. The maximum atomic E-state index is 11.5. The van der Waals surface area contributed by atoms with E-state index in [0.29, 0.717) is 6.54 Å². The Bertz CT molecular complexity index is 584. The topological polar surface area (TPSA) is 55.3 Å². The van der Waals surface area contributed by atoms with E-state index in [1.165, 1.54) is 7.11 Å². The van der Waals surface area contributed by atoms with Crippen LogP contribution in [0, 0.1) is 0 Å². The standard InChI is InChI=1S/C15H19N3O2S/c1-11(2)18(9-14(19)20-3)8-12-10-21-15(17-12)13-6-4-5-7-16-13/h4-7,10-11H,8-9H2,1-3H3. The van der Waals surface area contributed by atoms with Crippen LogP contribution >= 0.6 is 11.3 Å². The number of carbonyl (C=O) groups is 1. The lowest BCUT2D eigenvalue weighted by atomic mass is 10.3. The molecule has 0 amide bonds. The number of nitrogens with zero attached hydrogens (tertiary/aromatic N) is 3. The normalized spacial score (nSPS) is 11.1. The lowest BCUT2D eigenvalue weighted by Gasteiger charge is -2.24. The molecule has 0 radical (unpaired) electrons. The van der Waals surface area contributed by atoms with Crippen molar-refractivity contribution in [2.24, 2.45) is 0 Å². The Hall–Kier alpha value is -1.79. The molecule has 0 saturated carbocycles. The van der Waals surface area contributed by atoms with Crippen LogP contribution in [-0.2, 0) is 16.1 Å². The molecule has 5 nitrogen and oxygen atoms in total. The van der Waals surface area contributed by atoms with Crippen LogP contribution < -0.4 is 0 Å². The zero-order valence-electron chi connectivity index (χ0n) is 12.4. The summed E-state index contributed by atoms with van der Waals surface area (Å²) in [5.74, 6) is -0.233. The van der Waals surface area contributed by atoms with Gasteiger partial charge in [0.05, 0.1) is 25.0 Å². The molecule has 0 aliphatic heterocycles. The predicted molar refractivity (Wildman–Crippen MR) is 82.9 cm³/mol. The van der Waals surface area contributed by atoms with Crippen molar-refractivity contribution < 1.29 is 9.53 Å². The molecule has 0 saturated heterocycles. The second-order valence-electron chi connectivity index (χ2n) is 4.93. The Balaban J connectivity index is 2.08. The Kier molecular flexibility index (Phi) is 5.41. The SMILES string of the molecule is COC(=O)CN(Cc1csc(-c2ccccn2)n1)C(C)C. The zero-order chi connectivity index (χ0) is 15.2. The van der Waals surface area contributed by atoms with Gasteiger partial charge in [0.2, 0.25) is 0 Å². The average Bonchev–Trinajstić information content (AvgIpc) is 2.95. The van der Waals surface area contributed by atoms with Gasteiger partial charge in [-0.3, -0.25) is 14.7 Å². The molecule has 2 heterocycles. The van der Waals surface area contributed by atoms with Gasteiger partial charge in [-0.25, -0.2) is 4.98 Å². The summed E-state index contributed by atoms with van der Waals surface area (Å²) in [7, 11) is 1.41. The highest BCUT2D eigenvalue weighted by Gasteiger charge is 2.16. The van der Waals surface area contributed by atoms with Crippen LogP contribution in [0.4, 0.5) is 0 Å². The van der Waals surface area contributed by atoms with Gasteiger partial charge < -0.3 is 4.74 Å². The Morgan fingerprint density at radius 2 is 2.24 bits per heavy atom. The first kappa shape index (κ1) is 15.6. The maximum absolute atomic E-state index is 11.5. The van der Waals surface area contributed by atoms with Gasteiger partial charge in [0.25, 0.3) is 0 Å². The van der Waals surface area contributed by atoms with Gasteiger partial charge in [-0.15, -0.1) is 11.3 Å². The fourth-order valence-electron chi connectivity index (χ4n) is 1.85. The van der Waals surface area contributed by atoms with Crippen LogP contribution in [0.1, 0.15) is 19.5 Å². The average molecular weight is 305 g/mol. The van der Waals surface area contributed by atoms with Gasteiger partial charge in [0, 0.05) is 24.2 Å². The number of rotatable bonds is 6. The second kappa shape index (κ2) is 7.28. The highest BCUT2D eigenvalue weighted by atomic mass is 32.1. The van der Waals surface area contributed by atoms with Gasteiger partial charge in [0.1, 0.15) is 5.01 Å². The summed E-state index contributed by atoms with van der Waals surface area (Å²) < 4.78 is 4.73. The van der Waals surface area contributed by atoms with Gasteiger partial charge >= 0.3 is 5.97 Å². The first-order valence-corrected chi connectivity index (χ1v) is 7.64. The largest absolute Gasteiger partial charge is 0.468 e. The molecule has 0 atom stereocenters. The van der Waals surface area contributed by atoms with Crippen molar-refractivity contribution in [3.8, 4) is 10.7 Å². The van der Waals surface area contributed by atoms with Crippen molar-refractivity contribution in [1.82, 2.24) is 14.9 Å². The predicted octanol–water partition coefficient (Wildman–Crippen LogP) is 2.59. The van der Waals surface area contributed by atoms with Crippen molar-refractivity contribution in [3.63, 3.8) is 0 Å². The number of methoxy groups -OCH3 is 1. The van der Waals surface area contributed by atoms with E-state index in [2.05, 4.69) is 23.8 Å². The summed E-state index contributed by atoms with van der Waals surface area (Å²) >= 11 is 1.56. The molecule has 0 aromatic carbocycles. The maximum Gasteiger partial charge on any atom is 0.319 e. The number of esters is 1. The van der Waals surface area contributed by atoms with Crippen molar-refractivity contribution in [2.75, 3.05) is 13.7 Å². The fourth-order valence-corrected chi connectivity index (χ4v) is 2.63. The number of hydrogen-bond acceptors (Lipinski definition) is 6. The molecule has 2 aromatic heterocycles. The Labute approximate surface area is 128 Å². The van der Waals surface area contributed by atoms with E-state index >= 15 is 0 Å². The Morgan fingerprint density at radius 3 is 2.86 bits per heavy atom. The summed E-state index contributed by atoms with van der Waals surface area (Å²) in [4.78, 5) is 22.4. The molecule has 0 aliphatic carbocycles. The first-order valence-electron chi connectivity index (χ1n) is 6.77. The monoisotopic (exact) mass is 305 g/mol. The smallest absolute Gasteiger partial charge is 0.319 e. The van der Waals surface area contributed by atoms with E-state index in [4.69, 9.17) is 4.74 Å². The quantitative estimate of drug-likeness (QED) is 0.768. The van der Waals surface area contributed by atoms with Crippen LogP contribution in [0.15, 0.2) is 29.8 Å². The van der Waals surface area contributed by atoms with Crippen LogP contribution in [0.5, 0.6) is 0 Å². The van der Waals surface area contributed by atoms with Crippen molar-refractivity contribution in [1.29, 1.82) is 0 Å². The number of thiazole rings is 1.